The maximum absolute atomic E-state index is 13.2. The number of carbonyl (C=O) groups excluding carboxylic acids is 1. The van der Waals surface area contributed by atoms with Crippen molar-refractivity contribution < 1.29 is 27.8 Å². The smallest absolute Gasteiger partial charge is 0.431 e. The fourth-order valence-corrected chi connectivity index (χ4v) is 3.70. The van der Waals surface area contributed by atoms with E-state index in [2.05, 4.69) is 5.10 Å². The Hall–Kier alpha value is -2.09. The maximum atomic E-state index is 13.2. The number of methoxy groups -OCH3 is 1. The van der Waals surface area contributed by atoms with Crippen LogP contribution in [0.15, 0.2) is 29.4 Å². The second-order valence-corrected chi connectivity index (χ2v) is 6.78. The van der Waals surface area contributed by atoms with Crippen LogP contribution in [0.1, 0.15) is 48.9 Å². The average molecular weight is 370 g/mol. The molecule has 0 spiro atoms. The van der Waals surface area contributed by atoms with Crippen LogP contribution in [-0.2, 0) is 0 Å². The molecule has 142 valence electrons. The Balaban J connectivity index is 1.97. The van der Waals surface area contributed by atoms with Gasteiger partial charge in [0.2, 0.25) is 0 Å². The summed E-state index contributed by atoms with van der Waals surface area (Å²) in [5.74, 6) is -0.804. The molecule has 3 rings (SSSR count). The second kappa shape index (κ2) is 6.90. The molecule has 0 radical (unpaired) electrons. The molecule has 0 bridgehead atoms. The Morgan fingerprint density at radius 3 is 2.62 bits per heavy atom. The van der Waals surface area contributed by atoms with Crippen LogP contribution in [-0.4, -0.2) is 40.7 Å². The number of hydrogen-bond acceptors (Lipinski definition) is 4. The third kappa shape index (κ3) is 3.42. The van der Waals surface area contributed by atoms with Gasteiger partial charge in [0.1, 0.15) is 11.5 Å². The molecule has 0 saturated heterocycles. The molecule has 1 atom stereocenters. The summed E-state index contributed by atoms with van der Waals surface area (Å²) in [7, 11) is 1.43. The molecule has 1 aliphatic carbocycles. The van der Waals surface area contributed by atoms with Crippen molar-refractivity contribution in [2.75, 3.05) is 7.11 Å². The minimum atomic E-state index is -4.69. The normalized spacial score (nSPS) is 24.5. The van der Waals surface area contributed by atoms with E-state index in [1.807, 2.05) is 0 Å². The van der Waals surface area contributed by atoms with Crippen molar-refractivity contribution in [1.29, 1.82) is 0 Å². The molecule has 1 heterocycles. The molecule has 1 aliphatic heterocycles. The molecule has 2 aliphatic rings. The minimum Gasteiger partial charge on any atom is -0.497 e. The topological polar surface area (TPSA) is 62.1 Å². The van der Waals surface area contributed by atoms with E-state index in [1.165, 1.54) is 19.2 Å². The first kappa shape index (κ1) is 18.7. The molecule has 8 heteroatoms. The highest BCUT2D eigenvalue weighted by molar-refractivity contribution is 6.00. The number of aliphatic hydroxyl groups is 1. The van der Waals surface area contributed by atoms with Crippen LogP contribution < -0.4 is 4.74 Å². The summed E-state index contributed by atoms with van der Waals surface area (Å²) in [5.41, 5.74) is -2.96. The molecule has 1 fully saturated rings. The van der Waals surface area contributed by atoms with Crippen molar-refractivity contribution in [2.24, 2.45) is 11.0 Å². The number of hydrazone groups is 1. The molecule has 1 aromatic rings. The number of ether oxygens (including phenoxy) is 1. The summed E-state index contributed by atoms with van der Waals surface area (Å²) in [6, 6.07) is 6.08. The number of halogens is 3. The van der Waals surface area contributed by atoms with Crippen molar-refractivity contribution in [1.82, 2.24) is 5.01 Å². The molecular formula is C18H21F3N2O3. The lowest BCUT2D eigenvalue weighted by atomic mass is 9.79. The van der Waals surface area contributed by atoms with Crippen LogP contribution in [0.4, 0.5) is 13.2 Å². The SMILES string of the molecule is COc1cccc(C(=O)N2N=C(C(F)(F)F)CC2(O)C2CCCCC2)c1. The highest BCUT2D eigenvalue weighted by Crippen LogP contribution is 2.43. The summed E-state index contributed by atoms with van der Waals surface area (Å²) >= 11 is 0. The van der Waals surface area contributed by atoms with E-state index in [0.29, 0.717) is 23.6 Å². The minimum absolute atomic E-state index is 0.116. The van der Waals surface area contributed by atoms with Gasteiger partial charge in [0.15, 0.2) is 5.72 Å². The Morgan fingerprint density at radius 1 is 1.31 bits per heavy atom. The summed E-state index contributed by atoms with van der Waals surface area (Å²) in [6.45, 7) is 0. The standard InChI is InChI=1S/C18H21F3N2O3/c1-26-14-9-5-6-12(10-14)16(24)23-17(25,13-7-3-2-4-8-13)11-15(22-23)18(19,20)21/h5-6,9-10,13,25H,2-4,7-8,11H2,1H3. The zero-order chi connectivity index (χ0) is 18.9. The average Bonchev–Trinajstić information content (AvgIpc) is 3.01. The first-order chi connectivity index (χ1) is 12.3. The molecule has 26 heavy (non-hydrogen) atoms. The van der Waals surface area contributed by atoms with Crippen molar-refractivity contribution in [3.8, 4) is 5.75 Å². The molecule has 1 amide bonds. The summed E-state index contributed by atoms with van der Waals surface area (Å²) in [5, 5.41) is 15.3. The summed E-state index contributed by atoms with van der Waals surface area (Å²) in [4.78, 5) is 12.9. The van der Waals surface area contributed by atoms with Crippen LogP contribution in [0.5, 0.6) is 5.75 Å². The lowest BCUT2D eigenvalue weighted by Crippen LogP contribution is -2.52. The van der Waals surface area contributed by atoms with Crippen molar-refractivity contribution in [3.05, 3.63) is 29.8 Å². The van der Waals surface area contributed by atoms with E-state index in [4.69, 9.17) is 4.74 Å². The predicted octanol–water partition coefficient (Wildman–Crippen LogP) is 3.73. The van der Waals surface area contributed by atoms with Gasteiger partial charge in [-0.3, -0.25) is 4.79 Å². The van der Waals surface area contributed by atoms with Gasteiger partial charge in [0.25, 0.3) is 5.91 Å². The fourth-order valence-electron chi connectivity index (χ4n) is 3.70. The number of hydrogen-bond donors (Lipinski definition) is 1. The van der Waals surface area contributed by atoms with Crippen molar-refractivity contribution in [2.45, 2.75) is 50.4 Å². The fraction of sp³-hybridized carbons (Fsp3) is 0.556. The monoisotopic (exact) mass is 370 g/mol. The molecule has 1 unspecified atom stereocenters. The Labute approximate surface area is 149 Å². The van der Waals surface area contributed by atoms with Gasteiger partial charge in [-0.1, -0.05) is 25.3 Å². The quantitative estimate of drug-likeness (QED) is 0.882. The largest absolute Gasteiger partial charge is 0.497 e. The van der Waals surface area contributed by atoms with Crippen molar-refractivity contribution in [3.63, 3.8) is 0 Å². The second-order valence-electron chi connectivity index (χ2n) is 6.78. The first-order valence-electron chi connectivity index (χ1n) is 8.61. The van der Waals surface area contributed by atoms with Crippen LogP contribution in [0.3, 0.4) is 0 Å². The highest BCUT2D eigenvalue weighted by atomic mass is 19.4. The van der Waals surface area contributed by atoms with E-state index in [9.17, 15) is 23.1 Å². The van der Waals surface area contributed by atoms with E-state index >= 15 is 0 Å². The molecule has 0 aromatic heterocycles. The van der Waals surface area contributed by atoms with Gasteiger partial charge in [-0.05, 0) is 31.0 Å². The van der Waals surface area contributed by atoms with E-state index in [-0.39, 0.29) is 5.56 Å². The van der Waals surface area contributed by atoms with Crippen LogP contribution in [0.2, 0.25) is 0 Å². The third-order valence-corrected chi connectivity index (χ3v) is 5.11. The summed E-state index contributed by atoms with van der Waals surface area (Å²) < 4.78 is 44.8. The van der Waals surface area contributed by atoms with Gasteiger partial charge in [-0.2, -0.15) is 23.3 Å². The number of nitrogens with zero attached hydrogens (tertiary/aromatic N) is 2. The maximum Gasteiger partial charge on any atom is 0.431 e. The number of benzene rings is 1. The lowest BCUT2D eigenvalue weighted by molar-refractivity contribution is -0.123. The molecule has 1 aromatic carbocycles. The van der Waals surface area contributed by atoms with Crippen LogP contribution in [0, 0.1) is 5.92 Å². The number of rotatable bonds is 3. The molecule has 1 saturated carbocycles. The van der Waals surface area contributed by atoms with Crippen molar-refractivity contribution >= 4 is 11.6 Å². The molecule has 5 nitrogen and oxygen atoms in total. The van der Waals surface area contributed by atoms with Gasteiger partial charge in [-0.25, -0.2) is 0 Å². The van der Waals surface area contributed by atoms with Gasteiger partial charge < -0.3 is 9.84 Å². The van der Waals surface area contributed by atoms with Crippen LogP contribution >= 0.6 is 0 Å². The van der Waals surface area contributed by atoms with E-state index in [1.54, 1.807) is 12.1 Å². The summed E-state index contributed by atoms with van der Waals surface area (Å²) in [6.07, 6.45) is -1.64. The zero-order valence-electron chi connectivity index (χ0n) is 14.4. The highest BCUT2D eigenvalue weighted by Gasteiger charge is 2.55. The third-order valence-electron chi connectivity index (χ3n) is 5.11. The molecule has 1 N–H and O–H groups in total. The number of carbonyl (C=O) groups is 1. The Bertz CT molecular complexity index is 714. The Morgan fingerprint density at radius 2 is 2.00 bits per heavy atom. The van der Waals surface area contributed by atoms with Gasteiger partial charge in [-0.15, -0.1) is 0 Å². The Kier molecular flexibility index (Phi) is 4.96. The number of alkyl halides is 3. The van der Waals surface area contributed by atoms with E-state index in [0.717, 1.165) is 19.3 Å². The van der Waals surface area contributed by atoms with E-state index < -0.39 is 35.9 Å². The molecular weight excluding hydrogens is 349 g/mol. The van der Waals surface area contributed by atoms with Gasteiger partial charge >= 0.3 is 6.18 Å². The van der Waals surface area contributed by atoms with Gasteiger partial charge in [0.05, 0.1) is 7.11 Å². The first-order valence-corrected chi connectivity index (χ1v) is 8.61. The predicted molar refractivity (Wildman–Crippen MR) is 88.8 cm³/mol. The van der Waals surface area contributed by atoms with Gasteiger partial charge in [0, 0.05) is 17.9 Å². The number of amides is 1. The zero-order valence-corrected chi connectivity index (χ0v) is 14.4. The lowest BCUT2D eigenvalue weighted by Gasteiger charge is -2.40. The van der Waals surface area contributed by atoms with Crippen LogP contribution in [0.25, 0.3) is 0 Å².